The lowest BCUT2D eigenvalue weighted by Crippen LogP contribution is -2.49. The zero-order valence-corrected chi connectivity index (χ0v) is 19.6. The zero-order valence-electron chi connectivity index (χ0n) is 18.8. The van der Waals surface area contributed by atoms with Crippen LogP contribution in [0.1, 0.15) is 10.6 Å². The van der Waals surface area contributed by atoms with Crippen molar-refractivity contribution in [2.24, 2.45) is 0 Å². The molecule has 174 valence electrons. The second kappa shape index (κ2) is 8.92. The third-order valence-electron chi connectivity index (χ3n) is 6.24. The molecule has 0 saturated carbocycles. The minimum Gasteiger partial charge on any atom is -0.459 e. The van der Waals surface area contributed by atoms with E-state index in [1.54, 1.807) is 12.1 Å². The first kappa shape index (κ1) is 21.4. The van der Waals surface area contributed by atoms with Crippen molar-refractivity contribution < 1.29 is 9.21 Å². The van der Waals surface area contributed by atoms with Crippen LogP contribution in [-0.4, -0.2) is 51.6 Å². The number of rotatable bonds is 4. The average Bonchev–Trinajstić information content (AvgIpc) is 3.59. The lowest BCUT2D eigenvalue weighted by atomic mass is 10.1. The molecule has 1 aliphatic heterocycles. The standard InChI is InChI=1S/C27H22ClN5O2/c28-21-10-8-20(9-11-21)23-17-25-29-22(19-5-2-1-3-6-19)18-26(33(25)30-23)31-12-14-32(15-13-31)27(34)24-7-4-16-35-24/h1-11,16-18H,12-15H2. The Morgan fingerprint density at radius 2 is 1.57 bits per heavy atom. The van der Waals surface area contributed by atoms with Gasteiger partial charge in [-0.15, -0.1) is 0 Å². The van der Waals surface area contributed by atoms with Crippen LogP contribution in [0.25, 0.3) is 28.2 Å². The van der Waals surface area contributed by atoms with Crippen LogP contribution in [0.15, 0.2) is 89.5 Å². The predicted octanol–water partition coefficient (Wildman–Crippen LogP) is 5.27. The van der Waals surface area contributed by atoms with Gasteiger partial charge in [0.2, 0.25) is 0 Å². The molecular weight excluding hydrogens is 462 g/mol. The van der Waals surface area contributed by atoms with Gasteiger partial charge >= 0.3 is 0 Å². The van der Waals surface area contributed by atoms with E-state index in [9.17, 15) is 4.79 Å². The van der Waals surface area contributed by atoms with Crippen LogP contribution >= 0.6 is 11.6 Å². The number of amides is 1. The van der Waals surface area contributed by atoms with Gasteiger partial charge in [0.15, 0.2) is 11.4 Å². The van der Waals surface area contributed by atoms with Gasteiger partial charge in [0, 0.05) is 54.5 Å². The maximum Gasteiger partial charge on any atom is 0.289 e. The van der Waals surface area contributed by atoms with Gasteiger partial charge in [0.05, 0.1) is 17.7 Å². The highest BCUT2D eigenvalue weighted by atomic mass is 35.5. The molecule has 0 N–H and O–H groups in total. The summed E-state index contributed by atoms with van der Waals surface area (Å²) in [7, 11) is 0. The molecule has 0 unspecified atom stereocenters. The van der Waals surface area contributed by atoms with Crippen LogP contribution in [0.2, 0.25) is 5.02 Å². The van der Waals surface area contributed by atoms with Crippen molar-refractivity contribution in [3.63, 3.8) is 0 Å². The molecule has 2 aromatic carbocycles. The fourth-order valence-electron chi connectivity index (χ4n) is 4.40. The molecule has 3 aromatic heterocycles. The molecule has 0 bridgehead atoms. The molecule has 0 spiro atoms. The molecule has 5 aromatic rings. The average molecular weight is 484 g/mol. The van der Waals surface area contributed by atoms with Gasteiger partial charge in [0.1, 0.15) is 5.82 Å². The number of anilines is 1. The van der Waals surface area contributed by atoms with Gasteiger partial charge in [-0.05, 0) is 24.3 Å². The molecule has 1 fully saturated rings. The Bertz CT molecular complexity index is 1470. The predicted molar refractivity (Wildman–Crippen MR) is 136 cm³/mol. The number of fused-ring (bicyclic) bond motifs is 1. The van der Waals surface area contributed by atoms with E-state index in [0.29, 0.717) is 37.0 Å². The summed E-state index contributed by atoms with van der Waals surface area (Å²) < 4.78 is 7.19. The smallest absolute Gasteiger partial charge is 0.289 e. The molecule has 0 radical (unpaired) electrons. The Morgan fingerprint density at radius 1 is 0.829 bits per heavy atom. The molecule has 8 heteroatoms. The summed E-state index contributed by atoms with van der Waals surface area (Å²) in [4.78, 5) is 21.7. The van der Waals surface area contributed by atoms with Crippen LogP contribution in [0.4, 0.5) is 5.82 Å². The number of halogens is 1. The minimum atomic E-state index is -0.0800. The van der Waals surface area contributed by atoms with Crippen molar-refractivity contribution in [2.75, 3.05) is 31.1 Å². The summed E-state index contributed by atoms with van der Waals surface area (Å²) in [5.41, 5.74) is 4.48. The van der Waals surface area contributed by atoms with Crippen molar-refractivity contribution in [1.29, 1.82) is 0 Å². The lowest BCUT2D eigenvalue weighted by Gasteiger charge is -2.35. The van der Waals surface area contributed by atoms with Gasteiger partial charge in [-0.2, -0.15) is 9.61 Å². The van der Waals surface area contributed by atoms with E-state index in [0.717, 1.165) is 34.0 Å². The number of aromatic nitrogens is 3. The number of benzene rings is 2. The Balaban J connectivity index is 1.37. The number of nitrogens with zero attached hydrogens (tertiary/aromatic N) is 5. The fraction of sp³-hybridized carbons (Fsp3) is 0.148. The third-order valence-corrected chi connectivity index (χ3v) is 6.49. The normalized spacial score (nSPS) is 14.0. The number of carbonyl (C=O) groups is 1. The number of hydrogen-bond donors (Lipinski definition) is 0. The molecule has 4 heterocycles. The molecule has 1 saturated heterocycles. The van der Waals surface area contributed by atoms with E-state index in [2.05, 4.69) is 23.1 Å². The van der Waals surface area contributed by atoms with Crippen LogP contribution in [0, 0.1) is 0 Å². The maximum absolute atomic E-state index is 12.7. The molecule has 0 aliphatic carbocycles. The van der Waals surface area contributed by atoms with Crippen molar-refractivity contribution in [3.05, 3.63) is 95.9 Å². The highest BCUT2D eigenvalue weighted by Gasteiger charge is 2.26. The van der Waals surface area contributed by atoms with Crippen LogP contribution < -0.4 is 4.90 Å². The van der Waals surface area contributed by atoms with E-state index in [1.165, 1.54) is 6.26 Å². The summed E-state index contributed by atoms with van der Waals surface area (Å²) in [6, 6.07) is 25.3. The van der Waals surface area contributed by atoms with E-state index < -0.39 is 0 Å². The minimum absolute atomic E-state index is 0.0800. The molecule has 35 heavy (non-hydrogen) atoms. The van der Waals surface area contributed by atoms with Crippen molar-refractivity contribution in [1.82, 2.24) is 19.5 Å². The Hall–Kier alpha value is -4.10. The van der Waals surface area contributed by atoms with Crippen LogP contribution in [-0.2, 0) is 0 Å². The van der Waals surface area contributed by atoms with Crippen molar-refractivity contribution in [3.8, 4) is 22.5 Å². The van der Waals surface area contributed by atoms with E-state index >= 15 is 0 Å². The SMILES string of the molecule is O=C(c1ccco1)N1CCN(c2cc(-c3ccccc3)nc3cc(-c4ccc(Cl)cc4)nn23)CC1. The highest BCUT2D eigenvalue weighted by molar-refractivity contribution is 6.30. The number of carbonyl (C=O) groups excluding carboxylic acids is 1. The topological polar surface area (TPSA) is 66.9 Å². The summed E-state index contributed by atoms with van der Waals surface area (Å²) in [5.74, 6) is 1.23. The van der Waals surface area contributed by atoms with E-state index in [1.807, 2.05) is 57.9 Å². The molecule has 1 amide bonds. The first-order valence-electron chi connectivity index (χ1n) is 11.5. The second-order valence-corrected chi connectivity index (χ2v) is 8.87. The van der Waals surface area contributed by atoms with Crippen molar-refractivity contribution >= 4 is 29.0 Å². The summed E-state index contributed by atoms with van der Waals surface area (Å²) in [6.07, 6.45) is 1.53. The summed E-state index contributed by atoms with van der Waals surface area (Å²) in [6.45, 7) is 2.54. The number of furan rings is 1. The zero-order chi connectivity index (χ0) is 23.8. The first-order valence-corrected chi connectivity index (χ1v) is 11.8. The van der Waals surface area contributed by atoms with Crippen molar-refractivity contribution in [2.45, 2.75) is 0 Å². The first-order chi connectivity index (χ1) is 17.2. The van der Waals surface area contributed by atoms with Crippen LogP contribution in [0.3, 0.4) is 0 Å². The molecule has 6 rings (SSSR count). The Kier molecular flexibility index (Phi) is 5.47. The molecule has 7 nitrogen and oxygen atoms in total. The molecule has 0 atom stereocenters. The molecule has 1 aliphatic rings. The fourth-order valence-corrected chi connectivity index (χ4v) is 4.52. The van der Waals surface area contributed by atoms with Gasteiger partial charge in [-0.25, -0.2) is 4.98 Å². The second-order valence-electron chi connectivity index (χ2n) is 8.43. The Labute approximate surface area is 207 Å². The van der Waals surface area contributed by atoms with E-state index in [4.69, 9.17) is 26.1 Å². The maximum atomic E-state index is 12.7. The van der Waals surface area contributed by atoms with Gasteiger partial charge < -0.3 is 14.2 Å². The lowest BCUT2D eigenvalue weighted by molar-refractivity contribution is 0.0714. The van der Waals surface area contributed by atoms with Gasteiger partial charge in [-0.3, -0.25) is 4.79 Å². The summed E-state index contributed by atoms with van der Waals surface area (Å²) >= 11 is 6.08. The quantitative estimate of drug-likeness (QED) is 0.348. The third kappa shape index (κ3) is 4.15. The summed E-state index contributed by atoms with van der Waals surface area (Å²) in [5, 5.41) is 5.58. The van der Waals surface area contributed by atoms with E-state index in [-0.39, 0.29) is 5.91 Å². The largest absolute Gasteiger partial charge is 0.459 e. The van der Waals surface area contributed by atoms with Gasteiger partial charge in [0.25, 0.3) is 5.91 Å². The monoisotopic (exact) mass is 483 g/mol. The Morgan fingerprint density at radius 3 is 2.29 bits per heavy atom. The number of piperazine rings is 1. The molecular formula is C27H22ClN5O2. The number of hydrogen-bond acceptors (Lipinski definition) is 5. The van der Waals surface area contributed by atoms with Crippen LogP contribution in [0.5, 0.6) is 0 Å². The highest BCUT2D eigenvalue weighted by Crippen LogP contribution is 2.29. The van der Waals surface area contributed by atoms with Gasteiger partial charge in [-0.1, -0.05) is 54.1 Å².